The molecule has 1 aliphatic rings. The Morgan fingerprint density at radius 1 is 1.06 bits per heavy atom. The summed E-state index contributed by atoms with van der Waals surface area (Å²) in [6, 6.07) is 6.30. The number of aromatic amines is 1. The van der Waals surface area contributed by atoms with Crippen molar-refractivity contribution in [1.82, 2.24) is 15.2 Å². The van der Waals surface area contributed by atoms with Crippen LogP contribution in [-0.4, -0.2) is 15.2 Å². The molecule has 3 rings (SSSR count). The molecule has 1 aromatic heterocycles. The number of nitrogens with one attached hydrogen (secondary N) is 1. The fourth-order valence-electron chi connectivity index (χ4n) is 2.56. The second-order valence-corrected chi connectivity index (χ2v) is 4.89. The molecule has 0 saturated heterocycles. The van der Waals surface area contributed by atoms with Gasteiger partial charge in [-0.1, -0.05) is 19.3 Å². The molecule has 1 aromatic carbocycles. The minimum atomic E-state index is -0.234. The van der Waals surface area contributed by atoms with Crippen LogP contribution in [0.3, 0.4) is 0 Å². The number of hydrogen-bond acceptors (Lipinski definition) is 2. The highest BCUT2D eigenvalue weighted by Gasteiger charge is 2.19. The van der Waals surface area contributed by atoms with E-state index in [-0.39, 0.29) is 5.82 Å². The first-order chi connectivity index (χ1) is 8.83. The minimum absolute atomic E-state index is 0.234. The van der Waals surface area contributed by atoms with Gasteiger partial charge in [0.05, 0.1) is 0 Å². The molecule has 0 amide bonds. The monoisotopic (exact) mass is 245 g/mol. The zero-order chi connectivity index (χ0) is 12.4. The van der Waals surface area contributed by atoms with E-state index in [4.69, 9.17) is 0 Å². The quantitative estimate of drug-likeness (QED) is 0.877. The van der Waals surface area contributed by atoms with Crippen LogP contribution in [-0.2, 0) is 0 Å². The molecule has 0 atom stereocenters. The number of aromatic nitrogens is 3. The van der Waals surface area contributed by atoms with Crippen LogP contribution in [0.4, 0.5) is 4.39 Å². The average Bonchev–Trinajstić information content (AvgIpc) is 2.90. The third-order valence-electron chi connectivity index (χ3n) is 3.60. The summed E-state index contributed by atoms with van der Waals surface area (Å²) in [7, 11) is 0. The third kappa shape index (κ3) is 2.28. The molecule has 94 valence electrons. The van der Waals surface area contributed by atoms with E-state index in [2.05, 4.69) is 15.2 Å². The molecule has 1 aliphatic carbocycles. The van der Waals surface area contributed by atoms with Crippen LogP contribution in [0.5, 0.6) is 0 Å². The van der Waals surface area contributed by atoms with Crippen molar-refractivity contribution in [2.75, 3.05) is 0 Å². The SMILES string of the molecule is Fc1ccc(-c2n[nH]c(C3CCCCC3)n2)cc1. The van der Waals surface area contributed by atoms with Crippen LogP contribution in [0.2, 0.25) is 0 Å². The van der Waals surface area contributed by atoms with Gasteiger partial charge >= 0.3 is 0 Å². The van der Waals surface area contributed by atoms with Gasteiger partial charge in [-0.3, -0.25) is 5.10 Å². The molecule has 0 bridgehead atoms. The first-order valence-corrected chi connectivity index (χ1v) is 6.51. The molecular weight excluding hydrogens is 229 g/mol. The highest BCUT2D eigenvalue weighted by atomic mass is 19.1. The molecule has 1 heterocycles. The van der Waals surface area contributed by atoms with Gasteiger partial charge in [-0.25, -0.2) is 9.37 Å². The highest BCUT2D eigenvalue weighted by Crippen LogP contribution is 2.31. The molecule has 0 unspecified atom stereocenters. The molecule has 4 heteroatoms. The Hall–Kier alpha value is -1.71. The standard InChI is InChI=1S/C14H16FN3/c15-12-8-6-11(7-9-12)14-16-13(17-18-14)10-4-2-1-3-5-10/h6-10H,1-5H2,(H,16,17,18). The summed E-state index contributed by atoms with van der Waals surface area (Å²) in [4.78, 5) is 4.54. The lowest BCUT2D eigenvalue weighted by molar-refractivity contribution is 0.429. The predicted octanol–water partition coefficient (Wildman–Crippen LogP) is 3.66. The molecule has 1 saturated carbocycles. The Balaban J connectivity index is 1.82. The Morgan fingerprint density at radius 2 is 1.78 bits per heavy atom. The maximum absolute atomic E-state index is 12.8. The van der Waals surface area contributed by atoms with Crippen molar-refractivity contribution in [3.8, 4) is 11.4 Å². The second kappa shape index (κ2) is 4.88. The normalized spacial score (nSPS) is 16.9. The molecule has 0 aliphatic heterocycles. The van der Waals surface area contributed by atoms with Crippen molar-refractivity contribution < 1.29 is 4.39 Å². The second-order valence-electron chi connectivity index (χ2n) is 4.89. The summed E-state index contributed by atoms with van der Waals surface area (Å²) in [5, 5.41) is 7.27. The number of hydrogen-bond donors (Lipinski definition) is 1. The van der Waals surface area contributed by atoms with Crippen molar-refractivity contribution in [1.29, 1.82) is 0 Å². The maximum atomic E-state index is 12.8. The van der Waals surface area contributed by atoms with Crippen molar-refractivity contribution in [3.05, 3.63) is 35.9 Å². The van der Waals surface area contributed by atoms with E-state index in [1.54, 1.807) is 12.1 Å². The van der Waals surface area contributed by atoms with E-state index >= 15 is 0 Å². The molecule has 0 radical (unpaired) electrons. The number of rotatable bonds is 2. The summed E-state index contributed by atoms with van der Waals surface area (Å²) in [6.45, 7) is 0. The van der Waals surface area contributed by atoms with Crippen LogP contribution in [0.15, 0.2) is 24.3 Å². The van der Waals surface area contributed by atoms with Gasteiger partial charge in [-0.2, -0.15) is 5.10 Å². The van der Waals surface area contributed by atoms with Crippen LogP contribution < -0.4 is 0 Å². The summed E-state index contributed by atoms with van der Waals surface area (Å²) in [5.41, 5.74) is 0.856. The lowest BCUT2D eigenvalue weighted by Gasteiger charge is -2.18. The molecule has 2 aromatic rings. The van der Waals surface area contributed by atoms with E-state index in [0.29, 0.717) is 11.7 Å². The van der Waals surface area contributed by atoms with Crippen LogP contribution >= 0.6 is 0 Å². The number of benzene rings is 1. The van der Waals surface area contributed by atoms with Crippen LogP contribution in [0.1, 0.15) is 43.8 Å². The van der Waals surface area contributed by atoms with Gasteiger partial charge in [0, 0.05) is 11.5 Å². The van der Waals surface area contributed by atoms with Crippen molar-refractivity contribution in [3.63, 3.8) is 0 Å². The van der Waals surface area contributed by atoms with E-state index in [9.17, 15) is 4.39 Å². The Bertz CT molecular complexity index is 512. The molecular formula is C14H16FN3. The topological polar surface area (TPSA) is 41.6 Å². The predicted molar refractivity (Wildman–Crippen MR) is 67.6 cm³/mol. The summed E-state index contributed by atoms with van der Waals surface area (Å²) < 4.78 is 12.8. The van der Waals surface area contributed by atoms with Crippen molar-refractivity contribution >= 4 is 0 Å². The molecule has 1 fully saturated rings. The van der Waals surface area contributed by atoms with Gasteiger partial charge in [0.25, 0.3) is 0 Å². The maximum Gasteiger partial charge on any atom is 0.181 e. The Kier molecular flexibility index (Phi) is 3.09. The number of nitrogens with zero attached hydrogens (tertiary/aromatic N) is 2. The largest absolute Gasteiger partial charge is 0.262 e. The van der Waals surface area contributed by atoms with E-state index in [0.717, 1.165) is 11.4 Å². The zero-order valence-corrected chi connectivity index (χ0v) is 10.2. The van der Waals surface area contributed by atoms with Gasteiger partial charge in [0.1, 0.15) is 11.6 Å². The molecule has 0 spiro atoms. The summed E-state index contributed by atoms with van der Waals surface area (Å²) >= 11 is 0. The van der Waals surface area contributed by atoms with Crippen molar-refractivity contribution in [2.24, 2.45) is 0 Å². The fourth-order valence-corrected chi connectivity index (χ4v) is 2.56. The van der Waals surface area contributed by atoms with Crippen LogP contribution in [0, 0.1) is 5.82 Å². The van der Waals surface area contributed by atoms with Gasteiger partial charge in [-0.05, 0) is 37.1 Å². The van der Waals surface area contributed by atoms with E-state index in [1.165, 1.54) is 44.2 Å². The molecule has 3 nitrogen and oxygen atoms in total. The average molecular weight is 245 g/mol. The molecule has 1 N–H and O–H groups in total. The fraction of sp³-hybridized carbons (Fsp3) is 0.429. The number of H-pyrrole nitrogens is 1. The van der Waals surface area contributed by atoms with Gasteiger partial charge in [-0.15, -0.1) is 0 Å². The lowest BCUT2D eigenvalue weighted by atomic mass is 9.89. The van der Waals surface area contributed by atoms with Crippen LogP contribution in [0.25, 0.3) is 11.4 Å². The Morgan fingerprint density at radius 3 is 2.50 bits per heavy atom. The van der Waals surface area contributed by atoms with Gasteiger partial charge in [0.2, 0.25) is 0 Å². The smallest absolute Gasteiger partial charge is 0.181 e. The van der Waals surface area contributed by atoms with Gasteiger partial charge in [0.15, 0.2) is 5.82 Å². The first-order valence-electron chi connectivity index (χ1n) is 6.51. The van der Waals surface area contributed by atoms with Crippen molar-refractivity contribution in [2.45, 2.75) is 38.0 Å². The summed E-state index contributed by atoms with van der Waals surface area (Å²) in [6.07, 6.45) is 6.26. The van der Waals surface area contributed by atoms with E-state index < -0.39 is 0 Å². The first kappa shape index (κ1) is 11.4. The highest BCUT2D eigenvalue weighted by molar-refractivity contribution is 5.54. The third-order valence-corrected chi connectivity index (χ3v) is 3.60. The number of halogens is 1. The zero-order valence-electron chi connectivity index (χ0n) is 10.2. The minimum Gasteiger partial charge on any atom is -0.262 e. The summed E-state index contributed by atoms with van der Waals surface area (Å²) in [5.74, 6) is 1.92. The molecule has 18 heavy (non-hydrogen) atoms. The van der Waals surface area contributed by atoms with E-state index in [1.807, 2.05) is 0 Å². The lowest BCUT2D eigenvalue weighted by Crippen LogP contribution is -2.06. The van der Waals surface area contributed by atoms with Gasteiger partial charge < -0.3 is 0 Å². The Labute approximate surface area is 105 Å².